The highest BCUT2D eigenvalue weighted by Crippen LogP contribution is 2.16. The molecule has 0 saturated heterocycles. The highest BCUT2D eigenvalue weighted by atomic mass is 16.3. The lowest BCUT2D eigenvalue weighted by Crippen LogP contribution is -2.34. The number of hydrogen-bond acceptors (Lipinski definition) is 3. The Morgan fingerprint density at radius 1 is 1.19 bits per heavy atom. The third-order valence-electron chi connectivity index (χ3n) is 3.48. The number of furan rings is 1. The van der Waals surface area contributed by atoms with Gasteiger partial charge in [-0.15, -0.1) is 0 Å². The molecule has 0 bridgehead atoms. The second-order valence-electron chi connectivity index (χ2n) is 5.27. The average Bonchev–Trinajstić information content (AvgIpc) is 2.99. The van der Waals surface area contributed by atoms with Gasteiger partial charge in [-0.25, -0.2) is 0 Å². The Kier molecular flexibility index (Phi) is 5.58. The second kappa shape index (κ2) is 7.64. The van der Waals surface area contributed by atoms with Gasteiger partial charge in [0.2, 0.25) is 5.91 Å². The highest BCUT2D eigenvalue weighted by Gasteiger charge is 2.14. The molecule has 1 aromatic carbocycles. The van der Waals surface area contributed by atoms with Gasteiger partial charge in [0.1, 0.15) is 5.76 Å². The van der Waals surface area contributed by atoms with E-state index in [1.165, 1.54) is 5.56 Å². The zero-order valence-corrected chi connectivity index (χ0v) is 12.6. The summed E-state index contributed by atoms with van der Waals surface area (Å²) < 4.78 is 5.23. The largest absolute Gasteiger partial charge is 0.469 e. The topological polar surface area (TPSA) is 45.5 Å². The van der Waals surface area contributed by atoms with Crippen LogP contribution in [-0.4, -0.2) is 31.4 Å². The normalized spacial score (nSPS) is 12.3. The molecule has 1 unspecified atom stereocenters. The van der Waals surface area contributed by atoms with E-state index in [9.17, 15) is 4.79 Å². The van der Waals surface area contributed by atoms with Gasteiger partial charge in [0, 0.05) is 19.4 Å². The predicted octanol–water partition coefficient (Wildman–Crippen LogP) is 2.63. The van der Waals surface area contributed by atoms with Gasteiger partial charge >= 0.3 is 0 Å². The molecule has 1 amide bonds. The van der Waals surface area contributed by atoms with Crippen LogP contribution in [-0.2, 0) is 11.2 Å². The summed E-state index contributed by atoms with van der Waals surface area (Å²) in [6.45, 7) is 0.605. The molecule has 1 N–H and O–H groups in total. The van der Waals surface area contributed by atoms with Crippen molar-refractivity contribution >= 4 is 5.91 Å². The van der Waals surface area contributed by atoms with Crippen LogP contribution in [0.15, 0.2) is 53.1 Å². The van der Waals surface area contributed by atoms with E-state index in [0.29, 0.717) is 19.4 Å². The van der Waals surface area contributed by atoms with Gasteiger partial charge in [-0.1, -0.05) is 30.3 Å². The monoisotopic (exact) mass is 286 g/mol. The lowest BCUT2D eigenvalue weighted by atomic mass is 10.1. The summed E-state index contributed by atoms with van der Waals surface area (Å²) in [7, 11) is 4.04. The van der Waals surface area contributed by atoms with E-state index < -0.39 is 0 Å². The number of carbonyl (C=O) groups excluding carboxylic acids is 1. The molecule has 0 aliphatic rings. The number of carbonyl (C=O) groups is 1. The first-order valence-electron chi connectivity index (χ1n) is 7.17. The number of hydrogen-bond donors (Lipinski definition) is 1. The first-order valence-corrected chi connectivity index (χ1v) is 7.17. The van der Waals surface area contributed by atoms with Crippen LogP contribution in [0.1, 0.15) is 23.8 Å². The fourth-order valence-corrected chi connectivity index (χ4v) is 2.26. The molecule has 0 aliphatic heterocycles. The van der Waals surface area contributed by atoms with Gasteiger partial charge in [0.25, 0.3) is 0 Å². The Morgan fingerprint density at radius 3 is 2.57 bits per heavy atom. The zero-order valence-electron chi connectivity index (χ0n) is 12.6. The van der Waals surface area contributed by atoms with E-state index in [1.54, 1.807) is 6.26 Å². The zero-order chi connectivity index (χ0) is 15.1. The molecule has 0 fully saturated rings. The summed E-state index contributed by atoms with van der Waals surface area (Å²) in [6, 6.07) is 14.1. The maximum absolute atomic E-state index is 11.9. The Hall–Kier alpha value is -2.07. The van der Waals surface area contributed by atoms with Crippen molar-refractivity contribution in [3.05, 3.63) is 60.1 Å². The van der Waals surface area contributed by atoms with Crippen molar-refractivity contribution in [2.45, 2.75) is 18.9 Å². The van der Waals surface area contributed by atoms with Crippen LogP contribution < -0.4 is 5.32 Å². The molecule has 1 heterocycles. The first-order chi connectivity index (χ1) is 10.2. The fraction of sp³-hybridized carbons (Fsp3) is 0.353. The maximum atomic E-state index is 11.9. The Labute approximate surface area is 125 Å². The van der Waals surface area contributed by atoms with Crippen LogP contribution in [0, 0.1) is 0 Å². The number of benzene rings is 1. The average molecular weight is 286 g/mol. The van der Waals surface area contributed by atoms with Crippen LogP contribution in [0.25, 0.3) is 0 Å². The Balaban J connectivity index is 1.83. The summed E-state index contributed by atoms with van der Waals surface area (Å²) >= 11 is 0. The number of nitrogens with one attached hydrogen (secondary N) is 1. The molecule has 2 rings (SSSR count). The third kappa shape index (κ3) is 4.76. The summed E-state index contributed by atoms with van der Waals surface area (Å²) in [5.41, 5.74) is 1.20. The lowest BCUT2D eigenvalue weighted by Gasteiger charge is -2.25. The number of aryl methyl sites for hydroxylation is 1. The SMILES string of the molecule is CN(C)C(CNC(=O)CCc1ccco1)c1ccccc1. The van der Waals surface area contributed by atoms with E-state index in [-0.39, 0.29) is 11.9 Å². The molecule has 1 atom stereocenters. The van der Waals surface area contributed by atoms with Crippen molar-refractivity contribution in [1.82, 2.24) is 10.2 Å². The first kappa shape index (κ1) is 15.3. The smallest absolute Gasteiger partial charge is 0.220 e. The minimum Gasteiger partial charge on any atom is -0.469 e. The van der Waals surface area contributed by atoms with Crippen LogP contribution in [0.5, 0.6) is 0 Å². The summed E-state index contributed by atoms with van der Waals surface area (Å²) in [6.07, 6.45) is 2.71. The van der Waals surface area contributed by atoms with Gasteiger partial charge in [0.05, 0.1) is 12.3 Å². The second-order valence-corrected chi connectivity index (χ2v) is 5.27. The minimum absolute atomic E-state index is 0.0502. The molecule has 4 heteroatoms. The van der Waals surface area contributed by atoms with Crippen molar-refractivity contribution < 1.29 is 9.21 Å². The highest BCUT2D eigenvalue weighted by molar-refractivity contribution is 5.76. The van der Waals surface area contributed by atoms with Crippen LogP contribution >= 0.6 is 0 Å². The van der Waals surface area contributed by atoms with Crippen molar-refractivity contribution in [3.63, 3.8) is 0 Å². The van der Waals surface area contributed by atoms with E-state index in [4.69, 9.17) is 4.42 Å². The van der Waals surface area contributed by atoms with Gasteiger partial charge in [-0.2, -0.15) is 0 Å². The molecule has 0 saturated carbocycles. The van der Waals surface area contributed by atoms with E-state index in [1.807, 2.05) is 44.4 Å². The number of amides is 1. The van der Waals surface area contributed by atoms with Gasteiger partial charge in [0.15, 0.2) is 0 Å². The van der Waals surface area contributed by atoms with E-state index in [2.05, 4.69) is 22.3 Å². The van der Waals surface area contributed by atoms with Crippen LogP contribution in [0.3, 0.4) is 0 Å². The summed E-state index contributed by atoms with van der Waals surface area (Å²) in [5, 5.41) is 3.00. The molecule has 2 aromatic rings. The molecule has 1 aromatic heterocycles. The maximum Gasteiger partial charge on any atom is 0.220 e. The molecule has 4 nitrogen and oxygen atoms in total. The van der Waals surface area contributed by atoms with Crippen LogP contribution in [0.4, 0.5) is 0 Å². The molecular formula is C17H22N2O2. The quantitative estimate of drug-likeness (QED) is 0.851. The van der Waals surface area contributed by atoms with Crippen LogP contribution in [0.2, 0.25) is 0 Å². The van der Waals surface area contributed by atoms with Gasteiger partial charge < -0.3 is 14.6 Å². The van der Waals surface area contributed by atoms with Crippen molar-refractivity contribution in [1.29, 1.82) is 0 Å². The summed E-state index contributed by atoms with van der Waals surface area (Å²) in [5.74, 6) is 0.895. The Bertz CT molecular complexity index is 535. The number of nitrogens with zero attached hydrogens (tertiary/aromatic N) is 1. The van der Waals surface area contributed by atoms with Gasteiger partial charge in [-0.3, -0.25) is 4.79 Å². The molecule has 0 radical (unpaired) electrons. The van der Waals surface area contributed by atoms with Crippen molar-refractivity contribution in [2.75, 3.05) is 20.6 Å². The van der Waals surface area contributed by atoms with E-state index in [0.717, 1.165) is 5.76 Å². The predicted molar refractivity (Wildman–Crippen MR) is 82.9 cm³/mol. The molecule has 112 valence electrons. The van der Waals surface area contributed by atoms with Gasteiger partial charge in [-0.05, 0) is 31.8 Å². The Morgan fingerprint density at radius 2 is 1.95 bits per heavy atom. The number of likely N-dealkylation sites (N-methyl/N-ethyl adjacent to an activating group) is 1. The standard InChI is InChI=1S/C17H22N2O2/c1-19(2)16(14-7-4-3-5-8-14)13-18-17(20)11-10-15-9-6-12-21-15/h3-9,12,16H,10-11,13H2,1-2H3,(H,18,20). The van der Waals surface area contributed by atoms with E-state index >= 15 is 0 Å². The minimum atomic E-state index is 0.0502. The summed E-state index contributed by atoms with van der Waals surface area (Å²) in [4.78, 5) is 14.0. The van der Waals surface area contributed by atoms with Crippen molar-refractivity contribution in [3.8, 4) is 0 Å². The number of rotatable bonds is 7. The molecule has 0 spiro atoms. The fourth-order valence-electron chi connectivity index (χ4n) is 2.26. The molecule has 0 aliphatic carbocycles. The lowest BCUT2D eigenvalue weighted by molar-refractivity contribution is -0.121. The third-order valence-corrected chi connectivity index (χ3v) is 3.48. The molecular weight excluding hydrogens is 264 g/mol. The van der Waals surface area contributed by atoms with Crippen molar-refractivity contribution in [2.24, 2.45) is 0 Å². The molecule has 21 heavy (non-hydrogen) atoms.